The van der Waals surface area contributed by atoms with Gasteiger partial charge in [-0.1, -0.05) is 48.1 Å². The van der Waals surface area contributed by atoms with Gasteiger partial charge in [0.05, 0.1) is 10.6 Å². The van der Waals surface area contributed by atoms with Gasteiger partial charge in [0.1, 0.15) is 5.82 Å². The van der Waals surface area contributed by atoms with Crippen molar-refractivity contribution in [2.24, 2.45) is 0 Å². The first kappa shape index (κ1) is 27.9. The number of benzene rings is 3. The Hall–Kier alpha value is -3.71. The number of sulfonamides is 1. The number of nitrogens with zero attached hydrogens (tertiary/aromatic N) is 1. The van der Waals surface area contributed by atoms with Crippen LogP contribution in [0.4, 0.5) is 10.1 Å². The van der Waals surface area contributed by atoms with Crippen LogP contribution in [0.1, 0.15) is 54.6 Å². The fraction of sp³-hybridized carbons (Fsp3) is 0.233. The van der Waals surface area contributed by atoms with E-state index in [0.717, 1.165) is 11.1 Å². The summed E-state index contributed by atoms with van der Waals surface area (Å²) in [6, 6.07) is 19.4. The molecule has 0 saturated heterocycles. The molecule has 37 heavy (non-hydrogen) atoms. The van der Waals surface area contributed by atoms with Crippen molar-refractivity contribution in [3.05, 3.63) is 120 Å². The maximum atomic E-state index is 13.5. The summed E-state index contributed by atoms with van der Waals surface area (Å²) in [7, 11) is -3.79. The Morgan fingerprint density at radius 2 is 1.68 bits per heavy atom. The fourth-order valence-electron chi connectivity index (χ4n) is 4.25. The minimum absolute atomic E-state index is 0.138. The zero-order valence-electron chi connectivity index (χ0n) is 21.4. The normalized spacial score (nSPS) is 15.2. The monoisotopic (exact) mass is 520 g/mol. The Kier molecular flexibility index (Phi) is 9.42. The van der Waals surface area contributed by atoms with Gasteiger partial charge < -0.3 is 5.32 Å². The van der Waals surface area contributed by atoms with Crippen molar-refractivity contribution >= 4 is 21.6 Å². The van der Waals surface area contributed by atoms with E-state index >= 15 is 0 Å². The minimum Gasteiger partial charge on any atom is -0.348 e. The Labute approximate surface area is 219 Å². The number of nitrogens with one attached hydrogen (secondary N) is 1. The second-order valence-corrected chi connectivity index (χ2v) is 10.6. The van der Waals surface area contributed by atoms with E-state index in [-0.39, 0.29) is 29.1 Å². The molecule has 1 unspecified atom stereocenters. The molecule has 3 aromatic carbocycles. The average molecular weight is 521 g/mol. The van der Waals surface area contributed by atoms with Crippen LogP contribution in [-0.2, 0) is 16.6 Å². The molecule has 4 rings (SSSR count). The molecule has 0 aromatic heterocycles. The number of amides is 1. The largest absolute Gasteiger partial charge is 0.348 e. The molecule has 0 bridgehead atoms. The van der Waals surface area contributed by atoms with E-state index in [4.69, 9.17) is 0 Å². The molecular weight excluding hydrogens is 487 g/mol. The molecule has 1 atom stereocenters. The molecule has 0 aliphatic carbocycles. The van der Waals surface area contributed by atoms with Gasteiger partial charge in [0.2, 0.25) is 0 Å². The number of halogens is 1. The number of carbonyl (C=O) groups is 1. The molecule has 3 aromatic rings. The van der Waals surface area contributed by atoms with Crippen molar-refractivity contribution < 1.29 is 17.6 Å². The van der Waals surface area contributed by atoms with Gasteiger partial charge in [-0.3, -0.25) is 9.10 Å². The second-order valence-electron chi connectivity index (χ2n) is 8.75. The highest BCUT2D eigenvalue weighted by atomic mass is 32.2. The van der Waals surface area contributed by atoms with Gasteiger partial charge in [0.25, 0.3) is 15.9 Å². The quantitative estimate of drug-likeness (QED) is 0.373. The summed E-state index contributed by atoms with van der Waals surface area (Å²) in [5.74, 6) is -0.475. The molecule has 1 amide bonds. The second kappa shape index (κ2) is 12.5. The number of rotatable bonds is 6. The number of hydrogen-bond acceptors (Lipinski definition) is 3. The molecule has 1 heterocycles. The van der Waals surface area contributed by atoms with E-state index in [1.54, 1.807) is 18.2 Å². The summed E-state index contributed by atoms with van der Waals surface area (Å²) in [5.41, 5.74) is 4.04. The Bertz CT molecular complexity index is 1360. The molecule has 1 aliphatic rings. The molecule has 0 fully saturated rings. The third-order valence-electron chi connectivity index (χ3n) is 6.28. The molecule has 5 nitrogen and oxygen atoms in total. The van der Waals surface area contributed by atoms with Crippen LogP contribution in [0.5, 0.6) is 0 Å². The number of allylic oxidation sites excluding steroid dienone is 3. The van der Waals surface area contributed by atoms with Crippen LogP contribution in [0.3, 0.4) is 0 Å². The first-order valence-corrected chi connectivity index (χ1v) is 13.6. The molecule has 1 N–H and O–H groups in total. The summed E-state index contributed by atoms with van der Waals surface area (Å²) >= 11 is 0. The zero-order chi connectivity index (χ0) is 27.0. The third-order valence-corrected chi connectivity index (χ3v) is 8.10. The molecule has 7 heteroatoms. The van der Waals surface area contributed by atoms with Crippen LogP contribution >= 0.6 is 0 Å². The number of carbonyl (C=O) groups excluding carboxylic acids is 1. The SMILES string of the molecule is C/C=C(\C)C1CCN(S(=O)(=O)c2ccc(C(=O)NCc3ccc(F)cc3)cc2)c2ccccc21.C=CC. The summed E-state index contributed by atoms with van der Waals surface area (Å²) < 4.78 is 41.5. The van der Waals surface area contributed by atoms with Gasteiger partial charge in [-0.25, -0.2) is 12.8 Å². The Morgan fingerprint density at radius 3 is 2.30 bits per heavy atom. The van der Waals surface area contributed by atoms with Gasteiger partial charge >= 0.3 is 0 Å². The van der Waals surface area contributed by atoms with Gasteiger partial charge in [-0.2, -0.15) is 0 Å². The van der Waals surface area contributed by atoms with Crippen LogP contribution in [0.15, 0.2) is 102 Å². The van der Waals surface area contributed by atoms with E-state index in [2.05, 4.69) is 24.9 Å². The molecule has 194 valence electrons. The Morgan fingerprint density at radius 1 is 1.05 bits per heavy atom. The van der Waals surface area contributed by atoms with Gasteiger partial charge in [-0.15, -0.1) is 6.58 Å². The predicted octanol–water partition coefficient (Wildman–Crippen LogP) is 6.60. The number of fused-ring (bicyclic) bond motifs is 1. The number of anilines is 1. The van der Waals surface area contributed by atoms with E-state index in [1.807, 2.05) is 38.1 Å². The van der Waals surface area contributed by atoms with Crippen molar-refractivity contribution in [2.45, 2.75) is 44.6 Å². The van der Waals surface area contributed by atoms with Crippen molar-refractivity contribution in [1.29, 1.82) is 0 Å². The van der Waals surface area contributed by atoms with Crippen LogP contribution in [0.25, 0.3) is 0 Å². The van der Waals surface area contributed by atoms with E-state index in [1.165, 1.54) is 46.3 Å². The lowest BCUT2D eigenvalue weighted by Crippen LogP contribution is -2.37. The average Bonchev–Trinajstić information content (AvgIpc) is 2.92. The van der Waals surface area contributed by atoms with Gasteiger partial charge in [0, 0.05) is 24.6 Å². The highest BCUT2D eigenvalue weighted by Gasteiger charge is 2.33. The summed E-state index contributed by atoms with van der Waals surface area (Å²) in [5, 5.41) is 2.76. The summed E-state index contributed by atoms with van der Waals surface area (Å²) in [6.45, 7) is 9.95. The maximum Gasteiger partial charge on any atom is 0.264 e. The lowest BCUT2D eigenvalue weighted by atomic mass is 9.85. The molecule has 0 saturated carbocycles. The van der Waals surface area contributed by atoms with Gasteiger partial charge in [0.15, 0.2) is 0 Å². The molecule has 1 aliphatic heterocycles. The smallest absolute Gasteiger partial charge is 0.264 e. The standard InChI is InChI=1S/C27H27FN2O3S.C3H6/c1-3-19(2)24-16-17-30(26-7-5-4-6-25(24)26)34(32,33)23-14-10-21(11-15-23)27(31)29-18-20-8-12-22(28)13-9-20;1-3-2/h3-15,24H,16-18H2,1-2H3,(H,29,31);3H,1H2,2H3/b19-3+;. The topological polar surface area (TPSA) is 66.5 Å². The maximum absolute atomic E-state index is 13.5. The lowest BCUT2D eigenvalue weighted by Gasteiger charge is -2.35. The van der Waals surface area contributed by atoms with Crippen LogP contribution < -0.4 is 9.62 Å². The third kappa shape index (κ3) is 6.54. The number of para-hydroxylation sites is 1. The summed E-state index contributed by atoms with van der Waals surface area (Å²) in [6.07, 6.45) is 4.53. The van der Waals surface area contributed by atoms with Gasteiger partial charge in [-0.05, 0) is 80.8 Å². The minimum atomic E-state index is -3.79. The highest BCUT2D eigenvalue weighted by Crippen LogP contribution is 2.41. The van der Waals surface area contributed by atoms with Crippen LogP contribution in [-0.4, -0.2) is 20.9 Å². The van der Waals surface area contributed by atoms with E-state index in [9.17, 15) is 17.6 Å². The first-order valence-electron chi connectivity index (χ1n) is 12.2. The van der Waals surface area contributed by atoms with Crippen molar-refractivity contribution in [3.8, 4) is 0 Å². The predicted molar refractivity (Wildman–Crippen MR) is 148 cm³/mol. The highest BCUT2D eigenvalue weighted by molar-refractivity contribution is 7.92. The summed E-state index contributed by atoms with van der Waals surface area (Å²) in [4.78, 5) is 12.6. The van der Waals surface area contributed by atoms with Crippen LogP contribution in [0.2, 0.25) is 0 Å². The van der Waals surface area contributed by atoms with Crippen LogP contribution in [0, 0.1) is 5.82 Å². The lowest BCUT2D eigenvalue weighted by molar-refractivity contribution is 0.0951. The number of hydrogen-bond donors (Lipinski definition) is 1. The fourth-order valence-corrected chi connectivity index (χ4v) is 5.75. The molecular formula is C30H33FN2O3S. The van der Waals surface area contributed by atoms with Crippen molar-refractivity contribution in [1.82, 2.24) is 5.32 Å². The first-order chi connectivity index (χ1) is 17.7. The van der Waals surface area contributed by atoms with Crippen molar-refractivity contribution in [3.63, 3.8) is 0 Å². The molecule has 0 radical (unpaired) electrons. The zero-order valence-corrected chi connectivity index (χ0v) is 22.3. The Balaban J connectivity index is 0.00000121. The van der Waals surface area contributed by atoms with E-state index < -0.39 is 10.0 Å². The molecule has 0 spiro atoms. The van der Waals surface area contributed by atoms with Crippen molar-refractivity contribution in [2.75, 3.05) is 10.8 Å². The van der Waals surface area contributed by atoms with E-state index in [0.29, 0.717) is 24.2 Å².